The van der Waals surface area contributed by atoms with Crippen LogP contribution in [0.1, 0.15) is 38.8 Å². The zero-order valence-electron chi connectivity index (χ0n) is 17.0. The summed E-state index contributed by atoms with van der Waals surface area (Å²) >= 11 is 1.60. The minimum Gasteiger partial charge on any atom is -0.462 e. The van der Waals surface area contributed by atoms with Gasteiger partial charge in [0, 0.05) is 26.5 Å². The number of amides is 1. The predicted molar refractivity (Wildman–Crippen MR) is 119 cm³/mol. The number of ether oxygens (including phenoxy) is 1. The van der Waals surface area contributed by atoms with Gasteiger partial charge in [0.25, 0.3) is 5.91 Å². The highest BCUT2D eigenvalue weighted by atomic mass is 32.2. The van der Waals surface area contributed by atoms with Gasteiger partial charge in [-0.1, -0.05) is 42.1 Å². The third-order valence-corrected chi connectivity index (χ3v) is 5.82. The Morgan fingerprint density at radius 2 is 1.71 bits per heavy atom. The van der Waals surface area contributed by atoms with Crippen LogP contribution >= 0.6 is 11.8 Å². The van der Waals surface area contributed by atoms with Crippen LogP contribution in [0.5, 0.6) is 0 Å². The number of hydroxylamine groups is 1. The van der Waals surface area contributed by atoms with Crippen molar-refractivity contribution in [2.75, 3.05) is 13.7 Å². The summed E-state index contributed by atoms with van der Waals surface area (Å²) in [6.45, 7) is 2.10. The Morgan fingerprint density at radius 3 is 2.45 bits per heavy atom. The number of hydrogen-bond donors (Lipinski definition) is 1. The first-order chi connectivity index (χ1) is 15.1. The molecule has 0 radical (unpaired) electrons. The summed E-state index contributed by atoms with van der Waals surface area (Å²) in [6, 6.07) is 20.6. The Morgan fingerprint density at radius 1 is 0.968 bits per heavy atom. The number of nitrogens with zero attached hydrogens (tertiary/aromatic N) is 1. The molecule has 0 atom stereocenters. The molecule has 1 N–H and O–H groups in total. The van der Waals surface area contributed by atoms with Gasteiger partial charge in [-0.05, 0) is 43.3 Å². The number of carbonyl (C=O) groups excluding carboxylic acids is 2. The maximum absolute atomic E-state index is 12.2. The summed E-state index contributed by atoms with van der Waals surface area (Å²) in [7, 11) is 1.39. The summed E-state index contributed by atoms with van der Waals surface area (Å²) < 4.78 is 5.07. The summed E-state index contributed by atoms with van der Waals surface area (Å²) in [5.41, 5.74) is 6.57. The molecule has 1 amide bonds. The Labute approximate surface area is 184 Å². The molecule has 156 valence electrons. The van der Waals surface area contributed by atoms with Crippen LogP contribution in [0, 0.1) is 0 Å². The van der Waals surface area contributed by atoms with Crippen LogP contribution in [0.25, 0.3) is 0 Å². The maximum atomic E-state index is 12.2. The van der Waals surface area contributed by atoms with E-state index in [1.807, 2.05) is 42.5 Å². The van der Waals surface area contributed by atoms with Crippen molar-refractivity contribution < 1.29 is 19.2 Å². The van der Waals surface area contributed by atoms with Gasteiger partial charge in [0.05, 0.1) is 30.7 Å². The van der Waals surface area contributed by atoms with Gasteiger partial charge in [-0.2, -0.15) is 0 Å². The lowest BCUT2D eigenvalue weighted by atomic mass is 10.0. The van der Waals surface area contributed by atoms with E-state index in [9.17, 15) is 9.59 Å². The molecule has 0 spiro atoms. The van der Waals surface area contributed by atoms with E-state index in [4.69, 9.17) is 14.6 Å². The molecule has 3 aromatic carbocycles. The molecular formula is C24H20N2O4S. The molecule has 0 aliphatic carbocycles. The zero-order valence-corrected chi connectivity index (χ0v) is 17.9. The van der Waals surface area contributed by atoms with Crippen LogP contribution in [-0.4, -0.2) is 31.3 Å². The SMILES string of the molecule is CCOC(=O)c1ccc(C2=Nc3cc(C(=O)NOC)ccc3Sc3ccccc32)cc1. The van der Waals surface area contributed by atoms with Crippen LogP contribution < -0.4 is 5.48 Å². The molecule has 1 heterocycles. The Bertz CT molecular complexity index is 1170. The second-order valence-electron chi connectivity index (χ2n) is 6.67. The number of carbonyl (C=O) groups is 2. The normalized spacial score (nSPS) is 12.1. The van der Waals surface area contributed by atoms with Crippen molar-refractivity contribution in [2.45, 2.75) is 16.7 Å². The molecule has 0 saturated heterocycles. The number of rotatable bonds is 5. The van der Waals surface area contributed by atoms with Crippen molar-refractivity contribution in [3.05, 3.63) is 89.0 Å². The van der Waals surface area contributed by atoms with E-state index in [1.165, 1.54) is 7.11 Å². The largest absolute Gasteiger partial charge is 0.462 e. The molecule has 4 rings (SSSR count). The van der Waals surface area contributed by atoms with Crippen LogP contribution in [-0.2, 0) is 9.57 Å². The number of aliphatic imine (C=N–C) groups is 1. The number of hydrogen-bond acceptors (Lipinski definition) is 6. The molecule has 0 unspecified atom stereocenters. The minimum absolute atomic E-state index is 0.327. The van der Waals surface area contributed by atoms with Crippen LogP contribution in [0.4, 0.5) is 5.69 Å². The third-order valence-electron chi connectivity index (χ3n) is 4.68. The number of esters is 1. The third kappa shape index (κ3) is 4.38. The van der Waals surface area contributed by atoms with E-state index in [0.29, 0.717) is 23.4 Å². The smallest absolute Gasteiger partial charge is 0.338 e. The van der Waals surface area contributed by atoms with Crippen molar-refractivity contribution in [1.82, 2.24) is 5.48 Å². The van der Waals surface area contributed by atoms with Gasteiger partial charge in [-0.25, -0.2) is 15.3 Å². The quantitative estimate of drug-likeness (QED) is 0.362. The van der Waals surface area contributed by atoms with Crippen LogP contribution in [0.3, 0.4) is 0 Å². The maximum Gasteiger partial charge on any atom is 0.338 e. The van der Waals surface area contributed by atoms with E-state index in [0.717, 1.165) is 26.6 Å². The number of nitrogens with one attached hydrogen (secondary N) is 1. The highest BCUT2D eigenvalue weighted by molar-refractivity contribution is 7.99. The van der Waals surface area contributed by atoms with Gasteiger partial charge in [0.15, 0.2) is 0 Å². The lowest BCUT2D eigenvalue weighted by Crippen LogP contribution is -2.21. The molecule has 7 heteroatoms. The van der Waals surface area contributed by atoms with Crippen molar-refractivity contribution in [3.8, 4) is 0 Å². The molecule has 0 saturated carbocycles. The first-order valence-electron chi connectivity index (χ1n) is 9.71. The summed E-state index contributed by atoms with van der Waals surface area (Å²) in [4.78, 5) is 35.9. The Kier molecular flexibility index (Phi) is 6.16. The molecule has 0 fully saturated rings. The van der Waals surface area contributed by atoms with Crippen molar-refractivity contribution >= 4 is 35.0 Å². The fourth-order valence-electron chi connectivity index (χ4n) is 3.23. The highest BCUT2D eigenvalue weighted by Gasteiger charge is 2.20. The Balaban J connectivity index is 1.81. The summed E-state index contributed by atoms with van der Waals surface area (Å²) in [6.07, 6.45) is 0. The van der Waals surface area contributed by atoms with Crippen LogP contribution in [0.15, 0.2) is 81.5 Å². The molecule has 1 aliphatic rings. The molecule has 0 bridgehead atoms. The number of benzene rings is 3. The average Bonchev–Trinajstić information content (AvgIpc) is 2.95. The monoisotopic (exact) mass is 432 g/mol. The van der Waals surface area contributed by atoms with Gasteiger partial charge >= 0.3 is 5.97 Å². The minimum atomic E-state index is -0.355. The van der Waals surface area contributed by atoms with Gasteiger partial charge in [-0.15, -0.1) is 0 Å². The second-order valence-corrected chi connectivity index (χ2v) is 7.76. The van der Waals surface area contributed by atoms with E-state index in [-0.39, 0.29) is 11.9 Å². The van der Waals surface area contributed by atoms with Crippen LogP contribution in [0.2, 0.25) is 0 Å². The fraction of sp³-hybridized carbons (Fsp3) is 0.125. The second kappa shape index (κ2) is 9.16. The van der Waals surface area contributed by atoms with Crippen molar-refractivity contribution in [2.24, 2.45) is 4.99 Å². The molecule has 3 aromatic rings. The molecule has 0 aromatic heterocycles. The molecule has 6 nitrogen and oxygen atoms in total. The van der Waals surface area contributed by atoms with E-state index < -0.39 is 0 Å². The molecular weight excluding hydrogens is 412 g/mol. The highest BCUT2D eigenvalue weighted by Crippen LogP contribution is 2.41. The van der Waals surface area contributed by atoms with Crippen molar-refractivity contribution in [3.63, 3.8) is 0 Å². The zero-order chi connectivity index (χ0) is 21.8. The van der Waals surface area contributed by atoms with Gasteiger partial charge in [0.2, 0.25) is 0 Å². The molecule has 31 heavy (non-hydrogen) atoms. The van der Waals surface area contributed by atoms with Crippen molar-refractivity contribution in [1.29, 1.82) is 0 Å². The lowest BCUT2D eigenvalue weighted by Gasteiger charge is -2.10. The van der Waals surface area contributed by atoms with Gasteiger partial charge in [0.1, 0.15) is 0 Å². The van der Waals surface area contributed by atoms with E-state index in [2.05, 4.69) is 5.48 Å². The lowest BCUT2D eigenvalue weighted by molar-refractivity contribution is 0.0523. The fourth-order valence-corrected chi connectivity index (χ4v) is 4.24. The Hall–Kier alpha value is -3.42. The van der Waals surface area contributed by atoms with E-state index >= 15 is 0 Å². The molecule has 1 aliphatic heterocycles. The van der Waals surface area contributed by atoms with E-state index in [1.54, 1.807) is 43.0 Å². The summed E-state index contributed by atoms with van der Waals surface area (Å²) in [5, 5.41) is 0. The standard InChI is InChI=1S/C24H20N2O4S/c1-3-30-24(28)16-10-8-15(9-11-16)22-18-6-4-5-7-20(18)31-21-13-12-17(14-19(21)25-22)23(27)26-29-2/h4-14H,3H2,1-2H3,(H,26,27). The first-order valence-corrected chi connectivity index (χ1v) is 10.5. The van der Waals surface area contributed by atoms with Gasteiger partial charge < -0.3 is 4.74 Å². The summed E-state index contributed by atoms with van der Waals surface area (Å²) in [5.74, 6) is -0.695. The topological polar surface area (TPSA) is 77.0 Å². The van der Waals surface area contributed by atoms with Gasteiger partial charge in [-0.3, -0.25) is 9.63 Å². The average molecular weight is 433 g/mol. The predicted octanol–water partition coefficient (Wildman–Crippen LogP) is 4.79. The number of fused-ring (bicyclic) bond motifs is 2. The first kappa shape index (κ1) is 20.8.